The van der Waals surface area contributed by atoms with Crippen LogP contribution in [0.4, 0.5) is 4.39 Å². The number of hydrogen-bond acceptors (Lipinski definition) is 2. The number of hydrogen-bond donors (Lipinski definition) is 0. The van der Waals surface area contributed by atoms with Crippen LogP contribution in [0.2, 0.25) is 0 Å². The van der Waals surface area contributed by atoms with Gasteiger partial charge < -0.3 is 0 Å². The standard InChI is InChI=1S/C15H12FNS/c1-2-10-8-12-6-7-18-15(12)17-14(10)11-4-3-5-13(16)9-11/h3-9H,2H2,1H3. The summed E-state index contributed by atoms with van der Waals surface area (Å²) in [5.74, 6) is -0.220. The lowest BCUT2D eigenvalue weighted by molar-refractivity contribution is 0.628. The van der Waals surface area contributed by atoms with Gasteiger partial charge in [-0.2, -0.15) is 0 Å². The van der Waals surface area contributed by atoms with E-state index in [2.05, 4.69) is 24.0 Å². The van der Waals surface area contributed by atoms with Crippen LogP contribution in [0.25, 0.3) is 21.5 Å². The Bertz CT molecular complexity index is 703. The summed E-state index contributed by atoms with van der Waals surface area (Å²) < 4.78 is 13.3. The predicted octanol–water partition coefficient (Wildman–Crippen LogP) is 4.66. The van der Waals surface area contributed by atoms with Gasteiger partial charge >= 0.3 is 0 Å². The molecule has 0 saturated heterocycles. The fourth-order valence-corrected chi connectivity index (χ4v) is 2.85. The summed E-state index contributed by atoms with van der Waals surface area (Å²) in [5.41, 5.74) is 2.90. The first-order valence-electron chi connectivity index (χ1n) is 5.91. The van der Waals surface area contributed by atoms with Gasteiger partial charge in [0.2, 0.25) is 0 Å². The van der Waals surface area contributed by atoms with E-state index in [4.69, 9.17) is 0 Å². The van der Waals surface area contributed by atoms with Crippen molar-refractivity contribution >= 4 is 21.6 Å². The highest BCUT2D eigenvalue weighted by molar-refractivity contribution is 7.16. The minimum atomic E-state index is -0.220. The van der Waals surface area contributed by atoms with Gasteiger partial charge in [-0.05, 0) is 41.6 Å². The molecule has 0 spiro atoms. The summed E-state index contributed by atoms with van der Waals surface area (Å²) in [4.78, 5) is 5.68. The second-order valence-electron chi connectivity index (χ2n) is 4.17. The third kappa shape index (κ3) is 1.91. The molecule has 0 saturated carbocycles. The summed E-state index contributed by atoms with van der Waals surface area (Å²) >= 11 is 1.61. The van der Waals surface area contributed by atoms with Crippen molar-refractivity contribution in [1.29, 1.82) is 0 Å². The van der Waals surface area contributed by atoms with E-state index in [1.807, 2.05) is 11.4 Å². The van der Waals surface area contributed by atoms with E-state index in [1.165, 1.54) is 6.07 Å². The lowest BCUT2D eigenvalue weighted by Crippen LogP contribution is -1.92. The SMILES string of the molecule is CCc1cc2ccsc2nc1-c1cccc(F)c1. The van der Waals surface area contributed by atoms with Gasteiger partial charge in [0.15, 0.2) is 0 Å². The van der Waals surface area contributed by atoms with Gasteiger partial charge in [0.05, 0.1) is 5.69 Å². The normalized spacial score (nSPS) is 11.0. The number of benzene rings is 1. The van der Waals surface area contributed by atoms with Crippen LogP contribution in [0.1, 0.15) is 12.5 Å². The minimum absolute atomic E-state index is 0.220. The highest BCUT2D eigenvalue weighted by Gasteiger charge is 2.09. The second-order valence-corrected chi connectivity index (χ2v) is 5.07. The molecule has 18 heavy (non-hydrogen) atoms. The van der Waals surface area contributed by atoms with E-state index < -0.39 is 0 Å². The molecule has 0 aliphatic carbocycles. The van der Waals surface area contributed by atoms with Crippen molar-refractivity contribution in [2.75, 3.05) is 0 Å². The van der Waals surface area contributed by atoms with E-state index in [0.29, 0.717) is 0 Å². The Labute approximate surface area is 109 Å². The number of nitrogens with zero attached hydrogens (tertiary/aromatic N) is 1. The molecule has 3 aromatic rings. The predicted molar refractivity (Wildman–Crippen MR) is 74.4 cm³/mol. The van der Waals surface area contributed by atoms with Gasteiger partial charge in [-0.1, -0.05) is 19.1 Å². The number of rotatable bonds is 2. The quantitative estimate of drug-likeness (QED) is 0.650. The molecule has 90 valence electrons. The molecule has 3 heteroatoms. The van der Waals surface area contributed by atoms with Crippen LogP contribution >= 0.6 is 11.3 Å². The van der Waals surface area contributed by atoms with Crippen LogP contribution in [-0.2, 0) is 6.42 Å². The Morgan fingerprint density at radius 3 is 2.89 bits per heavy atom. The second kappa shape index (κ2) is 4.50. The summed E-state index contributed by atoms with van der Waals surface area (Å²) in [5, 5.41) is 3.20. The van der Waals surface area contributed by atoms with Gasteiger partial charge in [0.25, 0.3) is 0 Å². The Hall–Kier alpha value is -1.74. The van der Waals surface area contributed by atoms with E-state index >= 15 is 0 Å². The molecule has 0 amide bonds. The first-order chi connectivity index (χ1) is 8.78. The largest absolute Gasteiger partial charge is 0.237 e. The van der Waals surface area contributed by atoms with Crippen LogP contribution < -0.4 is 0 Å². The van der Waals surface area contributed by atoms with E-state index in [-0.39, 0.29) is 5.82 Å². The maximum absolute atomic E-state index is 13.3. The van der Waals surface area contributed by atoms with Gasteiger partial charge in [-0.15, -0.1) is 11.3 Å². The number of thiophene rings is 1. The van der Waals surface area contributed by atoms with Crippen LogP contribution in [-0.4, -0.2) is 4.98 Å². The maximum Gasteiger partial charge on any atom is 0.123 e. The molecule has 2 aromatic heterocycles. The monoisotopic (exact) mass is 257 g/mol. The molecule has 0 unspecified atom stereocenters. The number of aryl methyl sites for hydroxylation is 1. The average molecular weight is 257 g/mol. The van der Waals surface area contributed by atoms with Gasteiger partial charge in [0.1, 0.15) is 10.6 Å². The summed E-state index contributed by atoms with van der Waals surface area (Å²) in [6.45, 7) is 2.10. The fraction of sp³-hybridized carbons (Fsp3) is 0.133. The Morgan fingerprint density at radius 2 is 2.11 bits per heavy atom. The molecule has 0 aliphatic rings. The zero-order valence-corrected chi connectivity index (χ0v) is 10.8. The molecule has 0 N–H and O–H groups in total. The Kier molecular flexibility index (Phi) is 2.84. The lowest BCUT2D eigenvalue weighted by Gasteiger charge is -2.07. The van der Waals surface area contributed by atoms with Gasteiger partial charge in [0, 0.05) is 10.9 Å². The molecular weight excluding hydrogens is 245 g/mol. The van der Waals surface area contributed by atoms with Crippen LogP contribution in [0, 0.1) is 5.82 Å². The van der Waals surface area contributed by atoms with Crippen LogP contribution in [0.5, 0.6) is 0 Å². The summed E-state index contributed by atoms with van der Waals surface area (Å²) in [6, 6.07) is 10.9. The van der Waals surface area contributed by atoms with Crippen molar-refractivity contribution in [1.82, 2.24) is 4.98 Å². The van der Waals surface area contributed by atoms with Crippen molar-refractivity contribution < 1.29 is 4.39 Å². The van der Waals surface area contributed by atoms with Crippen molar-refractivity contribution in [2.24, 2.45) is 0 Å². The smallest absolute Gasteiger partial charge is 0.123 e. The molecule has 2 heterocycles. The highest BCUT2D eigenvalue weighted by Crippen LogP contribution is 2.28. The minimum Gasteiger partial charge on any atom is -0.237 e. The van der Waals surface area contributed by atoms with E-state index in [1.54, 1.807) is 23.5 Å². The number of pyridine rings is 1. The van der Waals surface area contributed by atoms with Crippen LogP contribution in [0.15, 0.2) is 41.8 Å². The first kappa shape index (κ1) is 11.4. The molecule has 0 aliphatic heterocycles. The third-order valence-corrected chi connectivity index (χ3v) is 3.82. The summed E-state index contributed by atoms with van der Waals surface area (Å²) in [7, 11) is 0. The van der Waals surface area contributed by atoms with E-state index in [9.17, 15) is 4.39 Å². The molecule has 0 bridgehead atoms. The Morgan fingerprint density at radius 1 is 1.22 bits per heavy atom. The first-order valence-corrected chi connectivity index (χ1v) is 6.79. The molecule has 0 fully saturated rings. The zero-order valence-electron chi connectivity index (χ0n) is 9.98. The third-order valence-electron chi connectivity index (χ3n) is 3.00. The van der Waals surface area contributed by atoms with E-state index in [0.717, 1.165) is 33.5 Å². The summed E-state index contributed by atoms with van der Waals surface area (Å²) in [6.07, 6.45) is 0.893. The molecule has 1 nitrogen and oxygen atoms in total. The van der Waals surface area contributed by atoms with Gasteiger partial charge in [-0.25, -0.2) is 9.37 Å². The van der Waals surface area contributed by atoms with Crippen molar-refractivity contribution in [3.8, 4) is 11.3 Å². The van der Waals surface area contributed by atoms with Crippen LogP contribution in [0.3, 0.4) is 0 Å². The maximum atomic E-state index is 13.3. The molecule has 0 atom stereocenters. The number of aromatic nitrogens is 1. The molecule has 1 aromatic carbocycles. The fourth-order valence-electron chi connectivity index (χ4n) is 2.10. The van der Waals surface area contributed by atoms with Crippen molar-refractivity contribution in [2.45, 2.75) is 13.3 Å². The van der Waals surface area contributed by atoms with Crippen molar-refractivity contribution in [3.63, 3.8) is 0 Å². The molecular formula is C15H12FNS. The average Bonchev–Trinajstić information content (AvgIpc) is 2.84. The zero-order chi connectivity index (χ0) is 12.5. The number of fused-ring (bicyclic) bond motifs is 1. The topological polar surface area (TPSA) is 12.9 Å². The van der Waals surface area contributed by atoms with Gasteiger partial charge in [-0.3, -0.25) is 0 Å². The Balaban J connectivity index is 2.26. The number of halogens is 1. The molecule has 0 radical (unpaired) electrons. The van der Waals surface area contributed by atoms with Crippen molar-refractivity contribution in [3.05, 3.63) is 53.2 Å². The molecule has 3 rings (SSSR count). The highest BCUT2D eigenvalue weighted by atomic mass is 32.1. The lowest BCUT2D eigenvalue weighted by atomic mass is 10.0.